The summed E-state index contributed by atoms with van der Waals surface area (Å²) in [7, 11) is 0. The third-order valence-corrected chi connectivity index (χ3v) is 5.93. The molecule has 0 saturated carbocycles. The number of aromatic nitrogens is 3. The third-order valence-electron chi connectivity index (χ3n) is 5.57. The second kappa shape index (κ2) is 8.55. The Kier molecular flexibility index (Phi) is 5.82. The summed E-state index contributed by atoms with van der Waals surface area (Å²) in [6, 6.07) is 9.23. The predicted octanol–water partition coefficient (Wildman–Crippen LogP) is 3.10. The van der Waals surface area contributed by atoms with E-state index in [0.717, 1.165) is 11.3 Å². The Labute approximate surface area is 185 Å². The fraction of sp³-hybridized carbons (Fsp3) is 0.364. The van der Waals surface area contributed by atoms with Crippen LogP contribution in [0.2, 0.25) is 5.02 Å². The first-order valence-electron chi connectivity index (χ1n) is 10.1. The zero-order valence-electron chi connectivity index (χ0n) is 17.8. The molecule has 0 aliphatic carbocycles. The predicted molar refractivity (Wildman–Crippen MR) is 115 cm³/mol. The van der Waals surface area contributed by atoms with Crippen LogP contribution in [-0.2, 0) is 6.54 Å². The van der Waals surface area contributed by atoms with Gasteiger partial charge in [-0.2, -0.15) is 5.10 Å². The number of hydrogen-bond donors (Lipinski definition) is 0. The number of carbonyl (C=O) groups excluding carboxylic acids is 2. The van der Waals surface area contributed by atoms with Gasteiger partial charge >= 0.3 is 0 Å². The average Bonchev–Trinajstić information content (AvgIpc) is 3.31. The molecule has 1 fully saturated rings. The van der Waals surface area contributed by atoms with Crippen molar-refractivity contribution in [3.63, 3.8) is 0 Å². The molecule has 1 aliphatic rings. The molecule has 9 heteroatoms. The van der Waals surface area contributed by atoms with E-state index in [2.05, 4.69) is 10.3 Å². The van der Waals surface area contributed by atoms with E-state index in [9.17, 15) is 9.59 Å². The molecule has 8 nitrogen and oxygen atoms in total. The standard InChI is InChI=1S/C22H24ClN5O3/c1-14-12-19(31-25-14)21(29)26-8-10-27(11-9-26)22(30)20-15(2)24-28(16(20)3)13-17-6-4-5-7-18(17)23/h4-7,12H,8-11,13H2,1-3H3. The van der Waals surface area contributed by atoms with Crippen LogP contribution in [0.25, 0.3) is 0 Å². The summed E-state index contributed by atoms with van der Waals surface area (Å²) < 4.78 is 6.89. The quantitative estimate of drug-likeness (QED) is 0.621. The van der Waals surface area contributed by atoms with Crippen molar-refractivity contribution in [2.45, 2.75) is 27.3 Å². The summed E-state index contributed by atoms with van der Waals surface area (Å²) in [5.74, 6) is -0.0412. The van der Waals surface area contributed by atoms with E-state index >= 15 is 0 Å². The maximum atomic E-state index is 13.2. The number of rotatable bonds is 4. The fourth-order valence-corrected chi connectivity index (χ4v) is 4.03. The van der Waals surface area contributed by atoms with Crippen LogP contribution in [0, 0.1) is 20.8 Å². The number of carbonyl (C=O) groups is 2. The first-order chi connectivity index (χ1) is 14.8. The Hall–Kier alpha value is -3.13. The number of aryl methyl sites for hydroxylation is 2. The molecule has 2 aromatic heterocycles. The Morgan fingerprint density at radius 2 is 1.68 bits per heavy atom. The van der Waals surface area contributed by atoms with Crippen LogP contribution >= 0.6 is 11.6 Å². The van der Waals surface area contributed by atoms with Crippen molar-refractivity contribution >= 4 is 23.4 Å². The van der Waals surface area contributed by atoms with Crippen molar-refractivity contribution in [3.05, 3.63) is 69.3 Å². The van der Waals surface area contributed by atoms with Gasteiger partial charge < -0.3 is 14.3 Å². The number of halogens is 1. The van der Waals surface area contributed by atoms with E-state index in [1.54, 1.807) is 22.8 Å². The molecule has 31 heavy (non-hydrogen) atoms. The molecule has 0 atom stereocenters. The van der Waals surface area contributed by atoms with Gasteiger partial charge in [-0.25, -0.2) is 0 Å². The smallest absolute Gasteiger partial charge is 0.292 e. The van der Waals surface area contributed by atoms with Gasteiger partial charge in [0.05, 0.1) is 23.5 Å². The van der Waals surface area contributed by atoms with Gasteiger partial charge in [0, 0.05) is 43.0 Å². The summed E-state index contributed by atoms with van der Waals surface area (Å²) in [6.07, 6.45) is 0. The summed E-state index contributed by atoms with van der Waals surface area (Å²) in [5, 5.41) is 9.01. The molecule has 1 saturated heterocycles. The van der Waals surface area contributed by atoms with Crippen LogP contribution in [0.4, 0.5) is 0 Å². The molecule has 162 valence electrons. The number of piperazine rings is 1. The van der Waals surface area contributed by atoms with Gasteiger partial charge in [0.1, 0.15) is 0 Å². The van der Waals surface area contributed by atoms with E-state index < -0.39 is 0 Å². The molecule has 0 unspecified atom stereocenters. The Balaban J connectivity index is 1.45. The number of benzene rings is 1. The lowest BCUT2D eigenvalue weighted by molar-refractivity contribution is 0.0512. The zero-order chi connectivity index (χ0) is 22.1. The minimum absolute atomic E-state index is 0.0667. The Bertz CT molecular complexity index is 1130. The van der Waals surface area contributed by atoms with Gasteiger partial charge in [-0.05, 0) is 32.4 Å². The highest BCUT2D eigenvalue weighted by molar-refractivity contribution is 6.31. The van der Waals surface area contributed by atoms with Crippen molar-refractivity contribution in [3.8, 4) is 0 Å². The Morgan fingerprint density at radius 3 is 2.29 bits per heavy atom. The van der Waals surface area contributed by atoms with Crippen LogP contribution in [-0.4, -0.2) is 62.7 Å². The second-order valence-electron chi connectivity index (χ2n) is 7.71. The lowest BCUT2D eigenvalue weighted by Crippen LogP contribution is -2.50. The molecule has 3 heterocycles. The van der Waals surface area contributed by atoms with Crippen LogP contribution in [0.3, 0.4) is 0 Å². The lowest BCUT2D eigenvalue weighted by Gasteiger charge is -2.34. The van der Waals surface area contributed by atoms with Gasteiger partial charge in [-0.3, -0.25) is 14.3 Å². The number of amides is 2. The summed E-state index contributed by atoms with van der Waals surface area (Å²) in [4.78, 5) is 29.2. The van der Waals surface area contributed by atoms with Crippen LogP contribution in [0.15, 0.2) is 34.9 Å². The maximum absolute atomic E-state index is 13.2. The normalized spacial score (nSPS) is 14.2. The highest BCUT2D eigenvalue weighted by Gasteiger charge is 2.30. The summed E-state index contributed by atoms with van der Waals surface area (Å²) >= 11 is 6.28. The van der Waals surface area contributed by atoms with E-state index in [0.29, 0.717) is 54.7 Å². The van der Waals surface area contributed by atoms with Gasteiger partial charge in [0.25, 0.3) is 11.8 Å². The minimum Gasteiger partial charge on any atom is -0.351 e. The van der Waals surface area contributed by atoms with Crippen LogP contribution < -0.4 is 0 Å². The average molecular weight is 442 g/mol. The van der Waals surface area contributed by atoms with E-state index in [4.69, 9.17) is 16.1 Å². The SMILES string of the molecule is Cc1cc(C(=O)N2CCN(C(=O)c3c(C)nn(Cc4ccccc4Cl)c3C)CC2)on1. The van der Waals surface area contributed by atoms with E-state index in [1.807, 2.05) is 42.8 Å². The molecule has 1 aliphatic heterocycles. The van der Waals surface area contributed by atoms with Gasteiger partial charge in [0.15, 0.2) is 0 Å². The molecule has 3 aromatic rings. The van der Waals surface area contributed by atoms with Crippen molar-refractivity contribution in [1.82, 2.24) is 24.7 Å². The molecule has 4 rings (SSSR count). The first kappa shape index (κ1) is 21.1. The van der Waals surface area contributed by atoms with E-state index in [1.165, 1.54) is 0 Å². The van der Waals surface area contributed by atoms with Crippen molar-refractivity contribution in [1.29, 1.82) is 0 Å². The molecule has 1 aromatic carbocycles. The highest BCUT2D eigenvalue weighted by Crippen LogP contribution is 2.21. The number of hydrogen-bond acceptors (Lipinski definition) is 5. The minimum atomic E-state index is -0.201. The second-order valence-corrected chi connectivity index (χ2v) is 8.12. The van der Waals surface area contributed by atoms with Crippen molar-refractivity contribution < 1.29 is 14.1 Å². The number of nitrogens with zero attached hydrogens (tertiary/aromatic N) is 5. The molecular formula is C22H24ClN5O3. The molecule has 0 bridgehead atoms. The Morgan fingerprint density at radius 1 is 1.03 bits per heavy atom. The fourth-order valence-electron chi connectivity index (χ4n) is 3.84. The lowest BCUT2D eigenvalue weighted by atomic mass is 10.1. The monoisotopic (exact) mass is 441 g/mol. The topological polar surface area (TPSA) is 84.5 Å². The van der Waals surface area contributed by atoms with E-state index in [-0.39, 0.29) is 17.6 Å². The molecule has 0 spiro atoms. The molecule has 0 N–H and O–H groups in total. The molecular weight excluding hydrogens is 418 g/mol. The summed E-state index contributed by atoms with van der Waals surface area (Å²) in [5.41, 5.74) is 3.71. The van der Waals surface area contributed by atoms with Crippen LogP contribution in [0.1, 0.15) is 43.6 Å². The highest BCUT2D eigenvalue weighted by atomic mass is 35.5. The van der Waals surface area contributed by atoms with Gasteiger partial charge in [0.2, 0.25) is 5.76 Å². The maximum Gasteiger partial charge on any atom is 0.292 e. The molecule has 2 amide bonds. The van der Waals surface area contributed by atoms with Gasteiger partial charge in [-0.1, -0.05) is 35.0 Å². The van der Waals surface area contributed by atoms with Gasteiger partial charge in [-0.15, -0.1) is 0 Å². The third kappa shape index (κ3) is 4.20. The van der Waals surface area contributed by atoms with Crippen molar-refractivity contribution in [2.24, 2.45) is 0 Å². The largest absolute Gasteiger partial charge is 0.351 e. The summed E-state index contributed by atoms with van der Waals surface area (Å²) in [6.45, 7) is 7.79. The van der Waals surface area contributed by atoms with Crippen molar-refractivity contribution in [2.75, 3.05) is 26.2 Å². The first-order valence-corrected chi connectivity index (χ1v) is 10.5. The molecule has 0 radical (unpaired) electrons. The van der Waals surface area contributed by atoms with Crippen LogP contribution in [0.5, 0.6) is 0 Å². The zero-order valence-corrected chi connectivity index (χ0v) is 18.5.